The molecule has 0 aliphatic heterocycles. The smallest absolute Gasteiger partial charge is 0.340 e. The fraction of sp³-hybridized carbons (Fsp3) is 0.750. The van der Waals surface area contributed by atoms with E-state index in [0.29, 0.717) is 30.8 Å². The van der Waals surface area contributed by atoms with E-state index >= 15 is 0 Å². The third kappa shape index (κ3) is 14.1. The van der Waals surface area contributed by atoms with Gasteiger partial charge in [0, 0.05) is 0 Å². The number of carboxylic acid groups (broad SMARTS) is 2. The zero-order valence-corrected chi connectivity index (χ0v) is 24.9. The van der Waals surface area contributed by atoms with Crippen molar-refractivity contribution in [3.05, 3.63) is 23.3 Å². The Kier molecular flexibility index (Phi) is 16.8. The highest BCUT2D eigenvalue weighted by Crippen LogP contribution is 2.35. The second-order valence-corrected chi connectivity index (χ2v) is 12.0. The summed E-state index contributed by atoms with van der Waals surface area (Å²) in [4.78, 5) is 23.7. The normalized spacial score (nSPS) is 13.1. The lowest BCUT2D eigenvalue weighted by Gasteiger charge is -2.17. The van der Waals surface area contributed by atoms with Crippen molar-refractivity contribution >= 4 is 11.9 Å². The summed E-state index contributed by atoms with van der Waals surface area (Å²) < 4.78 is 11.8. The molecule has 2 unspecified atom stereocenters. The topological polar surface area (TPSA) is 93.1 Å². The zero-order valence-electron chi connectivity index (χ0n) is 24.9. The fourth-order valence-corrected chi connectivity index (χ4v) is 4.79. The van der Waals surface area contributed by atoms with Gasteiger partial charge in [-0.25, -0.2) is 9.59 Å². The van der Waals surface area contributed by atoms with Crippen LogP contribution in [0.3, 0.4) is 0 Å². The van der Waals surface area contributed by atoms with Crippen LogP contribution in [0.25, 0.3) is 0 Å². The maximum atomic E-state index is 12.0. The molecule has 1 aromatic carbocycles. The van der Waals surface area contributed by atoms with Crippen molar-refractivity contribution in [1.82, 2.24) is 0 Å². The summed E-state index contributed by atoms with van der Waals surface area (Å²) in [6.45, 7) is 14.4. The van der Waals surface area contributed by atoms with E-state index < -0.39 is 11.9 Å². The third-order valence-corrected chi connectivity index (χ3v) is 7.21. The standard InChI is InChI=1S/C32H54O6/c1-23(2)13-11-17-25(5)15-7-9-21-37-28-20-19-27(31(33)34)29(32(35)36)30(28)38-22-10-8-16-26(6)18-12-14-24(3)4/h19-20,23-26H,7-18,21-22H2,1-6H3,(H,33,34)(H,35,36). The molecule has 1 aromatic rings. The largest absolute Gasteiger partial charge is 0.490 e. The van der Waals surface area contributed by atoms with Crippen LogP contribution in [0.15, 0.2) is 12.1 Å². The number of carbonyl (C=O) groups is 2. The van der Waals surface area contributed by atoms with E-state index in [1.807, 2.05) is 0 Å². The Morgan fingerprint density at radius 1 is 0.632 bits per heavy atom. The Morgan fingerprint density at radius 3 is 1.55 bits per heavy atom. The fourth-order valence-electron chi connectivity index (χ4n) is 4.79. The maximum Gasteiger partial charge on any atom is 0.340 e. The molecule has 6 nitrogen and oxygen atoms in total. The summed E-state index contributed by atoms with van der Waals surface area (Å²) in [6, 6.07) is 2.82. The molecule has 0 bridgehead atoms. The highest BCUT2D eigenvalue weighted by Gasteiger charge is 2.25. The minimum atomic E-state index is -1.32. The molecule has 0 radical (unpaired) electrons. The van der Waals surface area contributed by atoms with Crippen molar-refractivity contribution in [3.63, 3.8) is 0 Å². The Hall–Kier alpha value is -2.24. The Morgan fingerprint density at radius 2 is 1.11 bits per heavy atom. The van der Waals surface area contributed by atoms with Crippen molar-refractivity contribution < 1.29 is 29.3 Å². The van der Waals surface area contributed by atoms with Crippen LogP contribution in [-0.2, 0) is 0 Å². The van der Waals surface area contributed by atoms with Crippen LogP contribution in [0.5, 0.6) is 11.5 Å². The monoisotopic (exact) mass is 534 g/mol. The number of rotatable bonds is 22. The molecule has 218 valence electrons. The molecule has 2 atom stereocenters. The minimum absolute atomic E-state index is 0.0319. The van der Waals surface area contributed by atoms with Gasteiger partial charge in [-0.05, 0) is 61.5 Å². The molecule has 0 fully saturated rings. The molecule has 1 rings (SSSR count). The number of hydrogen-bond donors (Lipinski definition) is 2. The molecule has 2 N–H and O–H groups in total. The van der Waals surface area contributed by atoms with Gasteiger partial charge in [0.15, 0.2) is 11.5 Å². The Balaban J connectivity index is 2.65. The first kappa shape index (κ1) is 33.8. The van der Waals surface area contributed by atoms with Gasteiger partial charge < -0.3 is 19.7 Å². The molecule has 0 spiro atoms. The lowest BCUT2D eigenvalue weighted by molar-refractivity contribution is 0.0646. The van der Waals surface area contributed by atoms with E-state index in [-0.39, 0.29) is 16.9 Å². The predicted molar refractivity (Wildman–Crippen MR) is 155 cm³/mol. The van der Waals surface area contributed by atoms with Crippen LogP contribution in [0.4, 0.5) is 0 Å². The molecule has 0 aromatic heterocycles. The van der Waals surface area contributed by atoms with Gasteiger partial charge in [-0.15, -0.1) is 0 Å². The Labute approximate surface area is 231 Å². The molecular formula is C32H54O6. The van der Waals surface area contributed by atoms with Crippen LogP contribution in [0.2, 0.25) is 0 Å². The van der Waals surface area contributed by atoms with Crippen molar-refractivity contribution in [1.29, 1.82) is 0 Å². The molecular weight excluding hydrogens is 480 g/mol. The van der Waals surface area contributed by atoms with Gasteiger partial charge in [0.05, 0.1) is 18.8 Å². The van der Waals surface area contributed by atoms with Crippen molar-refractivity contribution in [2.45, 2.75) is 119 Å². The van der Waals surface area contributed by atoms with Gasteiger partial charge in [-0.2, -0.15) is 0 Å². The van der Waals surface area contributed by atoms with Crippen LogP contribution in [0, 0.1) is 23.7 Å². The molecule has 6 heteroatoms. The number of carboxylic acids is 2. The van der Waals surface area contributed by atoms with Crippen LogP contribution in [-0.4, -0.2) is 35.4 Å². The first-order chi connectivity index (χ1) is 18.0. The van der Waals surface area contributed by atoms with Crippen LogP contribution < -0.4 is 9.47 Å². The number of ether oxygens (including phenoxy) is 2. The van der Waals surface area contributed by atoms with Gasteiger partial charge in [0.2, 0.25) is 0 Å². The average molecular weight is 535 g/mol. The molecule has 38 heavy (non-hydrogen) atoms. The van der Waals surface area contributed by atoms with Crippen molar-refractivity contribution in [3.8, 4) is 11.5 Å². The number of hydrogen-bond acceptors (Lipinski definition) is 4. The highest BCUT2D eigenvalue weighted by atomic mass is 16.5. The van der Waals surface area contributed by atoms with Gasteiger partial charge >= 0.3 is 11.9 Å². The average Bonchev–Trinajstić information content (AvgIpc) is 2.83. The van der Waals surface area contributed by atoms with Crippen molar-refractivity contribution in [2.75, 3.05) is 13.2 Å². The van der Waals surface area contributed by atoms with E-state index in [9.17, 15) is 19.8 Å². The lowest BCUT2D eigenvalue weighted by Crippen LogP contribution is -2.13. The number of benzene rings is 1. The quantitative estimate of drug-likeness (QED) is 0.144. The summed E-state index contributed by atoms with van der Waals surface area (Å²) in [5.41, 5.74) is -0.621. The third-order valence-electron chi connectivity index (χ3n) is 7.21. The lowest BCUT2D eigenvalue weighted by atomic mass is 9.95. The summed E-state index contributed by atoms with van der Waals surface area (Å²) in [5.74, 6) is 0.536. The van der Waals surface area contributed by atoms with Gasteiger partial charge in [-0.1, -0.05) is 92.9 Å². The second kappa shape index (κ2) is 18.9. The summed E-state index contributed by atoms with van der Waals surface area (Å²) in [7, 11) is 0. The molecule has 0 amide bonds. The molecule has 0 saturated carbocycles. The predicted octanol–water partition coefficient (Wildman–Crippen LogP) is 9.11. The number of unbranched alkanes of at least 4 members (excludes halogenated alkanes) is 2. The van der Waals surface area contributed by atoms with Gasteiger partial charge in [-0.3, -0.25) is 0 Å². The maximum absolute atomic E-state index is 12.0. The van der Waals surface area contributed by atoms with Gasteiger partial charge in [0.25, 0.3) is 0 Å². The van der Waals surface area contributed by atoms with E-state index in [2.05, 4.69) is 41.5 Å². The molecule has 0 heterocycles. The Bertz CT molecular complexity index is 816. The minimum Gasteiger partial charge on any atom is -0.490 e. The van der Waals surface area contributed by atoms with E-state index in [1.54, 1.807) is 0 Å². The number of aromatic carboxylic acids is 2. The molecule has 0 aliphatic rings. The summed E-state index contributed by atoms with van der Waals surface area (Å²) in [5, 5.41) is 19.3. The van der Waals surface area contributed by atoms with Crippen LogP contribution >= 0.6 is 0 Å². The van der Waals surface area contributed by atoms with Crippen molar-refractivity contribution in [2.24, 2.45) is 23.7 Å². The van der Waals surface area contributed by atoms with E-state index in [1.165, 1.54) is 50.7 Å². The SMILES string of the molecule is CC(C)CCCC(C)CCCCOc1ccc(C(=O)O)c(C(=O)O)c1OCCCCC(C)CCCC(C)C. The first-order valence-electron chi connectivity index (χ1n) is 14.9. The van der Waals surface area contributed by atoms with E-state index in [0.717, 1.165) is 50.4 Å². The second-order valence-electron chi connectivity index (χ2n) is 12.0. The summed E-state index contributed by atoms with van der Waals surface area (Å²) in [6.07, 6.45) is 13.4. The molecule has 0 saturated heterocycles. The van der Waals surface area contributed by atoms with Crippen LogP contribution in [0.1, 0.15) is 139 Å². The zero-order chi connectivity index (χ0) is 28.5. The molecule has 0 aliphatic carbocycles. The van der Waals surface area contributed by atoms with Gasteiger partial charge in [0.1, 0.15) is 5.56 Å². The summed E-state index contributed by atoms with van der Waals surface area (Å²) >= 11 is 0. The first-order valence-corrected chi connectivity index (χ1v) is 14.9. The highest BCUT2D eigenvalue weighted by molar-refractivity contribution is 6.04. The van der Waals surface area contributed by atoms with E-state index in [4.69, 9.17) is 9.47 Å².